The van der Waals surface area contributed by atoms with Gasteiger partial charge in [-0.2, -0.15) is 0 Å². The van der Waals surface area contributed by atoms with E-state index >= 15 is 0 Å². The summed E-state index contributed by atoms with van der Waals surface area (Å²) in [5.41, 5.74) is -1.49. The zero-order valence-electron chi connectivity index (χ0n) is 9.95. The summed E-state index contributed by atoms with van der Waals surface area (Å²) in [6.45, 7) is 7.24. The average Bonchev–Trinajstić information content (AvgIpc) is 2.15. The van der Waals surface area contributed by atoms with Gasteiger partial charge in [0.2, 0.25) is 0 Å². The van der Waals surface area contributed by atoms with Crippen LogP contribution in [0, 0.1) is 0 Å². The SMILES string of the molecule is CC(C)(O)C(C)(C)OSc1ccc(Br)cc1. The molecule has 0 unspecified atom stereocenters. The molecule has 0 bridgehead atoms. The Morgan fingerprint density at radius 1 is 1.12 bits per heavy atom. The Kier molecular flexibility index (Phi) is 4.46. The molecule has 0 fully saturated rings. The molecule has 0 heterocycles. The van der Waals surface area contributed by atoms with Gasteiger partial charge in [-0.05, 0) is 52.0 Å². The largest absolute Gasteiger partial charge is 0.387 e. The molecule has 90 valence electrons. The lowest BCUT2D eigenvalue weighted by Gasteiger charge is -2.35. The van der Waals surface area contributed by atoms with E-state index in [9.17, 15) is 5.11 Å². The Labute approximate surface area is 110 Å². The number of rotatable bonds is 4. The Morgan fingerprint density at radius 3 is 2.06 bits per heavy atom. The van der Waals surface area contributed by atoms with Gasteiger partial charge < -0.3 is 9.29 Å². The molecule has 0 aliphatic rings. The topological polar surface area (TPSA) is 29.5 Å². The molecule has 2 nitrogen and oxygen atoms in total. The van der Waals surface area contributed by atoms with E-state index in [2.05, 4.69) is 15.9 Å². The minimum atomic E-state index is -0.880. The molecule has 0 aromatic heterocycles. The molecular formula is C12H17BrO2S. The third-order valence-corrected chi connectivity index (χ3v) is 4.13. The first-order valence-electron chi connectivity index (χ1n) is 5.06. The van der Waals surface area contributed by atoms with Crippen LogP contribution in [0.1, 0.15) is 27.7 Å². The molecule has 1 N–H and O–H groups in total. The second-order valence-corrected chi connectivity index (χ2v) is 6.41. The molecule has 0 atom stereocenters. The molecule has 16 heavy (non-hydrogen) atoms. The summed E-state index contributed by atoms with van der Waals surface area (Å²) in [6, 6.07) is 7.86. The summed E-state index contributed by atoms with van der Waals surface area (Å²) >= 11 is 4.66. The summed E-state index contributed by atoms with van der Waals surface area (Å²) in [4.78, 5) is 1.01. The third-order valence-electron chi connectivity index (χ3n) is 2.63. The van der Waals surface area contributed by atoms with E-state index in [1.807, 2.05) is 38.1 Å². The van der Waals surface area contributed by atoms with Gasteiger partial charge in [0.05, 0.1) is 5.60 Å². The molecule has 0 saturated heterocycles. The second-order valence-electron chi connectivity index (χ2n) is 4.69. The van der Waals surface area contributed by atoms with E-state index in [0.717, 1.165) is 9.37 Å². The number of benzene rings is 1. The van der Waals surface area contributed by atoms with Gasteiger partial charge in [-0.1, -0.05) is 15.9 Å². The van der Waals surface area contributed by atoms with Crippen molar-refractivity contribution >= 4 is 28.0 Å². The van der Waals surface area contributed by atoms with Crippen LogP contribution >= 0.6 is 28.0 Å². The fourth-order valence-electron chi connectivity index (χ4n) is 0.744. The Hall–Kier alpha value is -0.0300. The highest BCUT2D eigenvalue weighted by Crippen LogP contribution is 2.33. The van der Waals surface area contributed by atoms with E-state index in [1.54, 1.807) is 13.8 Å². The summed E-state index contributed by atoms with van der Waals surface area (Å²) in [5.74, 6) is 0. The van der Waals surface area contributed by atoms with Crippen LogP contribution in [0.3, 0.4) is 0 Å². The van der Waals surface area contributed by atoms with Gasteiger partial charge in [0, 0.05) is 21.4 Å². The minimum Gasteiger partial charge on any atom is -0.387 e. The molecule has 0 saturated carbocycles. The number of aliphatic hydroxyl groups is 1. The van der Waals surface area contributed by atoms with Crippen molar-refractivity contribution in [2.24, 2.45) is 0 Å². The van der Waals surface area contributed by atoms with Gasteiger partial charge in [0.1, 0.15) is 5.60 Å². The normalized spacial score (nSPS) is 12.9. The molecule has 1 aromatic rings. The van der Waals surface area contributed by atoms with Crippen LogP contribution in [0.2, 0.25) is 0 Å². The molecule has 1 aromatic carbocycles. The lowest BCUT2D eigenvalue weighted by atomic mass is 9.90. The maximum atomic E-state index is 9.92. The monoisotopic (exact) mass is 304 g/mol. The van der Waals surface area contributed by atoms with Gasteiger partial charge in [-0.3, -0.25) is 0 Å². The lowest BCUT2D eigenvalue weighted by Crippen LogP contribution is -2.45. The van der Waals surface area contributed by atoms with Gasteiger partial charge in [-0.15, -0.1) is 0 Å². The van der Waals surface area contributed by atoms with Crippen molar-refractivity contribution in [3.8, 4) is 0 Å². The van der Waals surface area contributed by atoms with Crippen molar-refractivity contribution in [1.82, 2.24) is 0 Å². The van der Waals surface area contributed by atoms with E-state index in [1.165, 1.54) is 12.0 Å². The second kappa shape index (κ2) is 5.08. The number of hydrogen-bond acceptors (Lipinski definition) is 3. The van der Waals surface area contributed by atoms with Crippen LogP contribution in [-0.4, -0.2) is 16.3 Å². The highest BCUT2D eigenvalue weighted by molar-refractivity contribution is 9.10. The van der Waals surface area contributed by atoms with Gasteiger partial charge >= 0.3 is 0 Å². The van der Waals surface area contributed by atoms with Gasteiger partial charge in [0.15, 0.2) is 0 Å². The summed E-state index contributed by atoms with van der Waals surface area (Å²) in [6.07, 6.45) is 0. The van der Waals surface area contributed by atoms with Crippen molar-refractivity contribution in [3.63, 3.8) is 0 Å². The maximum Gasteiger partial charge on any atom is 0.106 e. The van der Waals surface area contributed by atoms with Crippen LogP contribution in [0.4, 0.5) is 0 Å². The molecule has 0 spiro atoms. The predicted molar refractivity (Wildman–Crippen MR) is 71.5 cm³/mol. The average molecular weight is 305 g/mol. The molecule has 0 aliphatic carbocycles. The molecule has 0 amide bonds. The van der Waals surface area contributed by atoms with Crippen molar-refractivity contribution in [1.29, 1.82) is 0 Å². The van der Waals surface area contributed by atoms with Crippen LogP contribution < -0.4 is 0 Å². The third kappa shape index (κ3) is 3.77. The highest BCUT2D eigenvalue weighted by Gasteiger charge is 2.36. The Morgan fingerprint density at radius 2 is 1.62 bits per heavy atom. The maximum absolute atomic E-state index is 9.92. The quantitative estimate of drug-likeness (QED) is 0.852. The Balaban J connectivity index is 2.61. The van der Waals surface area contributed by atoms with Crippen LogP contribution in [-0.2, 0) is 4.18 Å². The molecule has 0 radical (unpaired) electrons. The fraction of sp³-hybridized carbons (Fsp3) is 0.500. The summed E-state index contributed by atoms with van der Waals surface area (Å²) in [5, 5.41) is 9.92. The van der Waals surface area contributed by atoms with Crippen LogP contribution in [0.5, 0.6) is 0 Å². The van der Waals surface area contributed by atoms with E-state index in [4.69, 9.17) is 4.18 Å². The summed E-state index contributed by atoms with van der Waals surface area (Å²) in [7, 11) is 0. The van der Waals surface area contributed by atoms with Crippen molar-refractivity contribution < 1.29 is 9.29 Å². The highest BCUT2D eigenvalue weighted by atomic mass is 79.9. The summed E-state index contributed by atoms with van der Waals surface area (Å²) < 4.78 is 6.71. The first kappa shape index (κ1) is 14.0. The predicted octanol–water partition coefficient (Wildman–Crippen LogP) is 4.02. The van der Waals surface area contributed by atoms with Crippen molar-refractivity contribution in [2.45, 2.75) is 43.8 Å². The first-order chi connectivity index (χ1) is 7.22. The molecule has 1 rings (SSSR count). The first-order valence-corrected chi connectivity index (χ1v) is 6.59. The van der Waals surface area contributed by atoms with Crippen molar-refractivity contribution in [2.75, 3.05) is 0 Å². The van der Waals surface area contributed by atoms with E-state index in [0.29, 0.717) is 0 Å². The zero-order chi connectivity index (χ0) is 12.4. The fourth-order valence-corrected chi connectivity index (χ4v) is 1.76. The van der Waals surface area contributed by atoms with Crippen LogP contribution in [0.25, 0.3) is 0 Å². The van der Waals surface area contributed by atoms with Gasteiger partial charge in [0.25, 0.3) is 0 Å². The lowest BCUT2D eigenvalue weighted by molar-refractivity contribution is -0.0813. The van der Waals surface area contributed by atoms with Gasteiger partial charge in [-0.25, -0.2) is 0 Å². The molecule has 0 aliphatic heterocycles. The molecule has 4 heteroatoms. The molecular weight excluding hydrogens is 288 g/mol. The number of halogens is 1. The Bertz CT molecular complexity index is 341. The smallest absolute Gasteiger partial charge is 0.106 e. The zero-order valence-corrected chi connectivity index (χ0v) is 12.4. The number of hydrogen-bond donors (Lipinski definition) is 1. The van der Waals surface area contributed by atoms with E-state index < -0.39 is 11.2 Å². The standard InChI is InChI=1S/C12H17BrO2S/c1-11(2,14)12(3,4)15-16-10-7-5-9(13)6-8-10/h5-8,14H,1-4H3. The minimum absolute atomic E-state index is 0.606. The van der Waals surface area contributed by atoms with Crippen molar-refractivity contribution in [3.05, 3.63) is 28.7 Å². The van der Waals surface area contributed by atoms with Crippen LogP contribution in [0.15, 0.2) is 33.6 Å². The van der Waals surface area contributed by atoms with E-state index in [-0.39, 0.29) is 0 Å².